The number of alkyl carbamates (subject to hydrolysis) is 1. The predicted molar refractivity (Wildman–Crippen MR) is 142 cm³/mol. The van der Waals surface area contributed by atoms with Gasteiger partial charge in [0.2, 0.25) is 0 Å². The van der Waals surface area contributed by atoms with Crippen molar-refractivity contribution in [2.75, 3.05) is 13.1 Å². The average molecular weight is 572 g/mol. The molecule has 1 heterocycles. The minimum atomic E-state index is -0.546. The van der Waals surface area contributed by atoms with Crippen LogP contribution in [0, 0.1) is 0 Å². The molecule has 0 aliphatic heterocycles. The second kappa shape index (κ2) is 13.4. The SMILES string of the molecule is CCNC(=NCc1nncn1-c1ccccc1)NCC(CC)(CC)NC(=O)OC(C)(C)C.I. The fourth-order valence-corrected chi connectivity index (χ4v) is 3.16. The minimum absolute atomic E-state index is 0. The lowest BCUT2D eigenvalue weighted by Gasteiger charge is -2.34. The lowest BCUT2D eigenvalue weighted by molar-refractivity contribution is 0.0448. The van der Waals surface area contributed by atoms with Crippen LogP contribution >= 0.6 is 24.0 Å². The van der Waals surface area contributed by atoms with E-state index >= 15 is 0 Å². The molecule has 1 aromatic carbocycles. The van der Waals surface area contributed by atoms with Gasteiger partial charge in [-0.15, -0.1) is 34.2 Å². The summed E-state index contributed by atoms with van der Waals surface area (Å²) in [5.41, 5.74) is -0.0171. The van der Waals surface area contributed by atoms with E-state index in [4.69, 9.17) is 4.74 Å². The van der Waals surface area contributed by atoms with Gasteiger partial charge < -0.3 is 20.7 Å². The third kappa shape index (κ3) is 9.18. The molecular weight excluding hydrogens is 533 g/mol. The van der Waals surface area contributed by atoms with Gasteiger partial charge in [0.1, 0.15) is 18.5 Å². The van der Waals surface area contributed by atoms with Crippen molar-refractivity contribution in [2.45, 2.75) is 72.1 Å². The quantitative estimate of drug-likeness (QED) is 0.239. The summed E-state index contributed by atoms with van der Waals surface area (Å²) in [4.78, 5) is 17.1. The summed E-state index contributed by atoms with van der Waals surface area (Å²) >= 11 is 0. The van der Waals surface area contributed by atoms with E-state index in [-0.39, 0.29) is 24.0 Å². The monoisotopic (exact) mass is 571 g/mol. The molecule has 0 aliphatic rings. The first kappa shape index (κ1) is 28.7. The number of carbonyl (C=O) groups excluding carboxylic acids is 1. The van der Waals surface area contributed by atoms with E-state index in [1.165, 1.54) is 0 Å². The van der Waals surface area contributed by atoms with E-state index in [9.17, 15) is 4.79 Å². The summed E-state index contributed by atoms with van der Waals surface area (Å²) in [6, 6.07) is 9.91. The van der Waals surface area contributed by atoms with Crippen molar-refractivity contribution in [3.05, 3.63) is 42.5 Å². The molecule has 0 unspecified atom stereocenters. The second-order valence-corrected chi connectivity index (χ2v) is 8.62. The zero-order chi connectivity index (χ0) is 23.6. The Balaban J connectivity index is 0.00000544. The van der Waals surface area contributed by atoms with Crippen molar-refractivity contribution in [1.29, 1.82) is 0 Å². The molecular formula is C23H38IN7O2. The summed E-state index contributed by atoms with van der Waals surface area (Å²) in [5.74, 6) is 1.38. The number of nitrogens with zero attached hydrogens (tertiary/aromatic N) is 4. The van der Waals surface area contributed by atoms with Crippen molar-refractivity contribution in [1.82, 2.24) is 30.7 Å². The molecule has 0 saturated carbocycles. The first-order chi connectivity index (χ1) is 15.2. The fraction of sp³-hybridized carbons (Fsp3) is 0.565. The fourth-order valence-electron chi connectivity index (χ4n) is 3.16. The average Bonchev–Trinajstić information content (AvgIpc) is 3.22. The molecule has 0 radical (unpaired) electrons. The summed E-state index contributed by atoms with van der Waals surface area (Å²) < 4.78 is 7.38. The number of aromatic nitrogens is 3. The van der Waals surface area contributed by atoms with Crippen molar-refractivity contribution in [3.8, 4) is 5.69 Å². The zero-order valence-electron chi connectivity index (χ0n) is 20.5. The molecule has 3 N–H and O–H groups in total. The lowest BCUT2D eigenvalue weighted by atomic mass is 9.93. The number of ether oxygens (including phenoxy) is 1. The maximum absolute atomic E-state index is 12.4. The summed E-state index contributed by atoms with van der Waals surface area (Å²) in [6.07, 6.45) is 2.76. The highest BCUT2D eigenvalue weighted by molar-refractivity contribution is 14.0. The highest BCUT2D eigenvalue weighted by Crippen LogP contribution is 2.16. The van der Waals surface area contributed by atoms with Gasteiger partial charge in [0.15, 0.2) is 11.8 Å². The molecule has 0 bridgehead atoms. The van der Waals surface area contributed by atoms with Gasteiger partial charge in [-0.25, -0.2) is 9.79 Å². The number of carbonyl (C=O) groups is 1. The number of benzene rings is 1. The minimum Gasteiger partial charge on any atom is -0.444 e. The number of para-hydroxylation sites is 1. The molecule has 184 valence electrons. The zero-order valence-corrected chi connectivity index (χ0v) is 22.8. The Morgan fingerprint density at radius 3 is 2.33 bits per heavy atom. The largest absolute Gasteiger partial charge is 0.444 e. The van der Waals surface area contributed by atoms with Crippen LogP contribution in [-0.4, -0.2) is 51.0 Å². The van der Waals surface area contributed by atoms with Crippen LogP contribution in [-0.2, 0) is 11.3 Å². The Morgan fingerprint density at radius 1 is 1.09 bits per heavy atom. The maximum atomic E-state index is 12.4. The number of halogens is 1. The summed E-state index contributed by atoms with van der Waals surface area (Å²) in [6.45, 7) is 13.3. The van der Waals surface area contributed by atoms with Crippen LogP contribution in [0.2, 0.25) is 0 Å². The van der Waals surface area contributed by atoms with E-state index in [2.05, 4.69) is 45.0 Å². The van der Waals surface area contributed by atoms with Crippen LogP contribution in [0.3, 0.4) is 0 Å². The normalized spacial score (nSPS) is 12.0. The molecule has 10 heteroatoms. The molecule has 0 atom stereocenters. The first-order valence-corrected chi connectivity index (χ1v) is 11.2. The van der Waals surface area contributed by atoms with E-state index in [0.29, 0.717) is 25.6 Å². The van der Waals surface area contributed by atoms with Crippen LogP contribution < -0.4 is 16.0 Å². The Morgan fingerprint density at radius 2 is 1.76 bits per heavy atom. The number of guanidine groups is 1. The van der Waals surface area contributed by atoms with Crippen LogP contribution in [0.1, 0.15) is 60.2 Å². The topological polar surface area (TPSA) is 105 Å². The van der Waals surface area contributed by atoms with Gasteiger partial charge in [-0.3, -0.25) is 4.57 Å². The number of hydrogen-bond acceptors (Lipinski definition) is 5. The molecule has 1 aromatic heterocycles. The molecule has 2 aromatic rings. The molecule has 9 nitrogen and oxygen atoms in total. The van der Waals surface area contributed by atoms with Gasteiger partial charge in [0, 0.05) is 18.8 Å². The summed E-state index contributed by atoms with van der Waals surface area (Å²) in [7, 11) is 0. The Bertz CT molecular complexity index is 874. The van der Waals surface area contributed by atoms with Crippen LogP contribution in [0.25, 0.3) is 5.69 Å². The van der Waals surface area contributed by atoms with E-state index in [0.717, 1.165) is 24.4 Å². The third-order valence-corrected chi connectivity index (χ3v) is 5.09. The molecule has 0 spiro atoms. The second-order valence-electron chi connectivity index (χ2n) is 8.62. The highest BCUT2D eigenvalue weighted by atomic mass is 127. The molecule has 1 amide bonds. The number of rotatable bonds is 9. The number of nitrogens with one attached hydrogen (secondary N) is 3. The molecule has 2 rings (SSSR count). The van der Waals surface area contributed by atoms with Gasteiger partial charge >= 0.3 is 6.09 Å². The highest BCUT2D eigenvalue weighted by Gasteiger charge is 2.30. The van der Waals surface area contributed by atoms with Gasteiger partial charge in [-0.2, -0.15) is 0 Å². The number of amides is 1. The first-order valence-electron chi connectivity index (χ1n) is 11.2. The van der Waals surface area contributed by atoms with Crippen molar-refractivity contribution in [3.63, 3.8) is 0 Å². The van der Waals surface area contributed by atoms with Crippen molar-refractivity contribution >= 4 is 36.0 Å². The summed E-state index contributed by atoms with van der Waals surface area (Å²) in [5, 5.41) is 17.9. The van der Waals surface area contributed by atoms with Crippen LogP contribution in [0.5, 0.6) is 0 Å². The van der Waals surface area contributed by atoms with E-state index in [1.807, 2.05) is 62.6 Å². The van der Waals surface area contributed by atoms with Gasteiger partial charge in [-0.1, -0.05) is 32.0 Å². The molecule has 0 fully saturated rings. The van der Waals surface area contributed by atoms with Gasteiger partial charge in [0.05, 0.1) is 5.54 Å². The lowest BCUT2D eigenvalue weighted by Crippen LogP contribution is -2.57. The van der Waals surface area contributed by atoms with E-state index < -0.39 is 17.2 Å². The predicted octanol–water partition coefficient (Wildman–Crippen LogP) is 4.02. The van der Waals surface area contributed by atoms with Gasteiger partial charge in [0.25, 0.3) is 0 Å². The number of aliphatic imine (C=N–C) groups is 1. The van der Waals surface area contributed by atoms with Crippen LogP contribution in [0.15, 0.2) is 41.7 Å². The van der Waals surface area contributed by atoms with Crippen LogP contribution in [0.4, 0.5) is 4.79 Å². The Labute approximate surface area is 214 Å². The van der Waals surface area contributed by atoms with Crippen molar-refractivity contribution in [2.24, 2.45) is 4.99 Å². The van der Waals surface area contributed by atoms with Gasteiger partial charge in [-0.05, 0) is 52.7 Å². The molecule has 0 aliphatic carbocycles. The smallest absolute Gasteiger partial charge is 0.408 e. The third-order valence-electron chi connectivity index (χ3n) is 5.09. The van der Waals surface area contributed by atoms with E-state index in [1.54, 1.807) is 6.33 Å². The molecule has 33 heavy (non-hydrogen) atoms. The number of hydrogen-bond donors (Lipinski definition) is 3. The maximum Gasteiger partial charge on any atom is 0.408 e. The molecule has 0 saturated heterocycles. The Hall–Kier alpha value is -2.37. The Kier molecular flexibility index (Phi) is 11.6. The standard InChI is InChI=1S/C23H37N7O2.HI/c1-7-23(8-2,28-21(31)32-22(4,5)6)16-26-20(24-9-3)25-15-19-29-27-17-30(19)18-13-11-10-12-14-18;/h10-14,17H,7-9,15-16H2,1-6H3,(H,28,31)(H2,24,25,26);1H. The van der Waals surface area contributed by atoms with Crippen molar-refractivity contribution < 1.29 is 9.53 Å².